The fraction of sp³-hybridized carbons (Fsp3) is 0.562. The van der Waals surface area contributed by atoms with Gasteiger partial charge in [0.1, 0.15) is 5.52 Å². The van der Waals surface area contributed by atoms with Gasteiger partial charge in [-0.3, -0.25) is 0 Å². The van der Waals surface area contributed by atoms with E-state index >= 15 is 0 Å². The van der Waals surface area contributed by atoms with Crippen molar-refractivity contribution in [1.29, 1.82) is 0 Å². The summed E-state index contributed by atoms with van der Waals surface area (Å²) in [6.07, 6.45) is 0. The number of fused-ring (bicyclic) bond motifs is 1. The van der Waals surface area contributed by atoms with Crippen molar-refractivity contribution in [2.45, 2.75) is 6.92 Å². The van der Waals surface area contributed by atoms with Gasteiger partial charge in [-0.1, -0.05) is 6.07 Å². The number of nitrogens with zero attached hydrogens (tertiary/aromatic N) is 2. The van der Waals surface area contributed by atoms with Gasteiger partial charge in [0.25, 0.3) is 0 Å². The van der Waals surface area contributed by atoms with Crippen LogP contribution >= 0.6 is 34.9 Å². The molecule has 23 heavy (non-hydrogen) atoms. The SMILES string of the molecule is Cc1nc2c(N(CCSCCO)CCSCCO)cccc2s1. The van der Waals surface area contributed by atoms with Crippen molar-refractivity contribution in [1.82, 2.24) is 4.98 Å². The molecule has 1 aromatic carbocycles. The number of aliphatic hydroxyl groups excluding tert-OH is 2. The molecule has 2 rings (SSSR count). The van der Waals surface area contributed by atoms with Crippen LogP contribution in [0.2, 0.25) is 0 Å². The molecule has 0 atom stereocenters. The van der Waals surface area contributed by atoms with Crippen LogP contribution in [0, 0.1) is 6.92 Å². The van der Waals surface area contributed by atoms with E-state index in [4.69, 9.17) is 15.2 Å². The first kappa shape index (κ1) is 18.9. The maximum absolute atomic E-state index is 8.92. The van der Waals surface area contributed by atoms with Crippen LogP contribution < -0.4 is 4.90 Å². The van der Waals surface area contributed by atoms with E-state index in [0.29, 0.717) is 0 Å². The average Bonchev–Trinajstić information content (AvgIpc) is 2.93. The second-order valence-corrected chi connectivity index (χ2v) is 8.70. The van der Waals surface area contributed by atoms with Crippen LogP contribution in [0.15, 0.2) is 18.2 Å². The Hall–Kier alpha value is -0.470. The second-order valence-electron chi connectivity index (χ2n) is 5.02. The molecule has 4 nitrogen and oxygen atoms in total. The summed E-state index contributed by atoms with van der Waals surface area (Å²) in [7, 11) is 0. The summed E-state index contributed by atoms with van der Waals surface area (Å²) in [5, 5.41) is 18.9. The number of benzene rings is 1. The number of para-hydroxylation sites is 1. The summed E-state index contributed by atoms with van der Waals surface area (Å²) in [6.45, 7) is 4.41. The summed E-state index contributed by atoms with van der Waals surface area (Å²) >= 11 is 5.28. The van der Waals surface area contributed by atoms with Crippen molar-refractivity contribution in [3.8, 4) is 0 Å². The molecule has 0 fully saturated rings. The van der Waals surface area contributed by atoms with Crippen LogP contribution in [-0.4, -0.2) is 64.5 Å². The average molecular weight is 373 g/mol. The molecule has 7 heteroatoms. The first-order chi connectivity index (χ1) is 11.3. The van der Waals surface area contributed by atoms with Crippen LogP contribution in [0.4, 0.5) is 5.69 Å². The number of anilines is 1. The quantitative estimate of drug-likeness (QED) is 0.592. The topological polar surface area (TPSA) is 56.6 Å². The number of aromatic nitrogens is 1. The minimum absolute atomic E-state index is 0.234. The van der Waals surface area contributed by atoms with E-state index < -0.39 is 0 Å². The van der Waals surface area contributed by atoms with E-state index in [2.05, 4.69) is 23.1 Å². The highest BCUT2D eigenvalue weighted by molar-refractivity contribution is 7.99. The zero-order valence-electron chi connectivity index (χ0n) is 13.4. The summed E-state index contributed by atoms with van der Waals surface area (Å²) < 4.78 is 1.23. The van der Waals surface area contributed by atoms with Gasteiger partial charge in [-0.2, -0.15) is 23.5 Å². The van der Waals surface area contributed by atoms with Crippen LogP contribution in [0.5, 0.6) is 0 Å². The zero-order chi connectivity index (χ0) is 16.5. The van der Waals surface area contributed by atoms with E-state index in [0.717, 1.165) is 46.6 Å². The zero-order valence-corrected chi connectivity index (χ0v) is 15.9. The predicted molar refractivity (Wildman–Crippen MR) is 105 cm³/mol. The standard InChI is InChI=1S/C16H24N2O2S3/c1-13-17-16-14(3-2-4-15(16)23-13)18(5-9-21-11-7-19)6-10-22-12-8-20/h2-4,19-20H,5-12H2,1H3. The third-order valence-corrected chi connectivity index (χ3v) is 6.15. The first-order valence-corrected chi connectivity index (χ1v) is 10.9. The summed E-state index contributed by atoms with van der Waals surface area (Å²) in [4.78, 5) is 7.09. The molecule has 0 saturated carbocycles. The fourth-order valence-corrected chi connectivity index (χ4v) is 4.55. The lowest BCUT2D eigenvalue weighted by molar-refractivity contribution is 0.322. The number of thioether (sulfide) groups is 2. The van der Waals surface area contributed by atoms with Crippen LogP contribution in [-0.2, 0) is 0 Å². The maximum Gasteiger partial charge on any atom is 0.105 e. The van der Waals surface area contributed by atoms with Crippen LogP contribution in [0.1, 0.15) is 5.01 Å². The highest BCUT2D eigenvalue weighted by Gasteiger charge is 2.13. The molecule has 0 saturated heterocycles. The number of thiazole rings is 1. The molecule has 0 spiro atoms. The van der Waals surface area contributed by atoms with Gasteiger partial charge in [-0.25, -0.2) is 4.98 Å². The van der Waals surface area contributed by atoms with Gasteiger partial charge in [0, 0.05) is 36.1 Å². The minimum Gasteiger partial charge on any atom is -0.396 e. The number of hydrogen-bond donors (Lipinski definition) is 2. The first-order valence-electron chi connectivity index (χ1n) is 7.74. The number of hydrogen-bond acceptors (Lipinski definition) is 7. The summed E-state index contributed by atoms with van der Waals surface area (Å²) in [6, 6.07) is 6.38. The molecular formula is C16H24N2O2S3. The van der Waals surface area contributed by atoms with Crippen molar-refractivity contribution in [3.05, 3.63) is 23.2 Å². The predicted octanol–water partition coefficient (Wildman–Crippen LogP) is 2.86. The molecule has 0 unspecified atom stereocenters. The highest BCUT2D eigenvalue weighted by Crippen LogP contribution is 2.30. The maximum atomic E-state index is 8.92. The van der Waals surface area contributed by atoms with Crippen molar-refractivity contribution in [2.24, 2.45) is 0 Å². The van der Waals surface area contributed by atoms with Gasteiger partial charge in [-0.15, -0.1) is 11.3 Å². The third-order valence-electron chi connectivity index (χ3n) is 3.33. The fourth-order valence-electron chi connectivity index (χ4n) is 2.34. The van der Waals surface area contributed by atoms with Crippen LogP contribution in [0.25, 0.3) is 10.2 Å². The van der Waals surface area contributed by atoms with E-state index in [1.54, 1.807) is 34.9 Å². The van der Waals surface area contributed by atoms with Crippen molar-refractivity contribution < 1.29 is 10.2 Å². The van der Waals surface area contributed by atoms with Gasteiger partial charge in [-0.05, 0) is 19.1 Å². The monoisotopic (exact) mass is 372 g/mol. The Balaban J connectivity index is 2.09. The minimum atomic E-state index is 0.234. The Morgan fingerprint density at radius 1 is 1.04 bits per heavy atom. The number of rotatable bonds is 11. The molecule has 0 aliphatic heterocycles. The smallest absolute Gasteiger partial charge is 0.105 e. The Labute approximate surface area is 150 Å². The van der Waals surface area contributed by atoms with Crippen LogP contribution in [0.3, 0.4) is 0 Å². The Morgan fingerprint density at radius 2 is 1.70 bits per heavy atom. The lowest BCUT2D eigenvalue weighted by atomic mass is 10.2. The van der Waals surface area contributed by atoms with Crippen molar-refractivity contribution >= 4 is 50.8 Å². The lowest BCUT2D eigenvalue weighted by Crippen LogP contribution is -2.29. The molecule has 0 radical (unpaired) electrons. The second kappa shape index (κ2) is 10.4. The summed E-state index contributed by atoms with van der Waals surface area (Å²) in [5.41, 5.74) is 2.29. The normalized spacial score (nSPS) is 11.3. The van der Waals surface area contributed by atoms with Gasteiger partial charge in [0.2, 0.25) is 0 Å². The van der Waals surface area contributed by atoms with Crippen molar-refractivity contribution in [3.63, 3.8) is 0 Å². The van der Waals surface area contributed by atoms with Gasteiger partial charge < -0.3 is 15.1 Å². The molecular weight excluding hydrogens is 348 g/mol. The molecule has 0 amide bonds. The van der Waals surface area contributed by atoms with Gasteiger partial charge >= 0.3 is 0 Å². The number of aliphatic hydroxyl groups is 2. The number of aryl methyl sites for hydroxylation is 1. The third kappa shape index (κ3) is 5.83. The van der Waals surface area contributed by atoms with E-state index in [-0.39, 0.29) is 13.2 Å². The molecule has 0 aliphatic rings. The molecule has 1 aromatic heterocycles. The molecule has 2 N–H and O–H groups in total. The molecule has 128 valence electrons. The summed E-state index contributed by atoms with van der Waals surface area (Å²) in [5.74, 6) is 3.55. The van der Waals surface area contributed by atoms with E-state index in [1.807, 2.05) is 6.92 Å². The van der Waals surface area contributed by atoms with Gasteiger partial charge in [0.05, 0.1) is 28.6 Å². The van der Waals surface area contributed by atoms with Crippen molar-refractivity contribution in [2.75, 3.05) is 54.2 Å². The highest BCUT2D eigenvalue weighted by atomic mass is 32.2. The molecule has 2 aromatic rings. The Morgan fingerprint density at radius 3 is 2.30 bits per heavy atom. The lowest BCUT2D eigenvalue weighted by Gasteiger charge is -2.25. The van der Waals surface area contributed by atoms with Gasteiger partial charge in [0.15, 0.2) is 0 Å². The Bertz CT molecular complexity index is 580. The molecule has 0 bridgehead atoms. The molecule has 1 heterocycles. The molecule has 0 aliphatic carbocycles. The Kier molecular flexibility index (Phi) is 8.53. The largest absolute Gasteiger partial charge is 0.396 e. The van der Waals surface area contributed by atoms with E-state index in [9.17, 15) is 0 Å². The van der Waals surface area contributed by atoms with E-state index in [1.165, 1.54) is 10.4 Å².